The van der Waals surface area contributed by atoms with E-state index < -0.39 is 0 Å². The molecule has 2 heterocycles. The largest absolute Gasteiger partial charge is 0.459 e. The van der Waals surface area contributed by atoms with Crippen molar-refractivity contribution in [2.75, 3.05) is 5.32 Å². The highest BCUT2D eigenvalue weighted by Crippen LogP contribution is 2.25. The molecule has 0 aliphatic carbocycles. The number of carbonyl (C=O) groups excluding carboxylic acids is 1. The molecular formula is C15H13N3O2. The number of H-pyrrole nitrogens is 1. The van der Waals surface area contributed by atoms with Crippen LogP contribution in [0.1, 0.15) is 16.2 Å². The average Bonchev–Trinajstić information content (AvgIpc) is 3.09. The number of benzene rings is 1. The van der Waals surface area contributed by atoms with E-state index >= 15 is 0 Å². The van der Waals surface area contributed by atoms with Crippen LogP contribution in [0.3, 0.4) is 0 Å². The molecule has 1 aromatic carbocycles. The summed E-state index contributed by atoms with van der Waals surface area (Å²) in [5, 5.41) is 2.68. The molecule has 3 aromatic rings. The van der Waals surface area contributed by atoms with Crippen molar-refractivity contribution in [2.45, 2.75) is 6.92 Å². The fourth-order valence-electron chi connectivity index (χ4n) is 1.97. The van der Waals surface area contributed by atoms with E-state index in [1.807, 2.05) is 37.3 Å². The first-order valence-electron chi connectivity index (χ1n) is 6.20. The Morgan fingerprint density at radius 2 is 2.05 bits per heavy atom. The summed E-state index contributed by atoms with van der Waals surface area (Å²) in [4.78, 5) is 19.2. The molecule has 0 fully saturated rings. The molecule has 0 radical (unpaired) electrons. The van der Waals surface area contributed by atoms with Gasteiger partial charge in [0.05, 0.1) is 6.26 Å². The predicted molar refractivity (Wildman–Crippen MR) is 75.4 cm³/mol. The smallest absolute Gasteiger partial charge is 0.294 e. The second-order valence-electron chi connectivity index (χ2n) is 4.40. The van der Waals surface area contributed by atoms with E-state index in [2.05, 4.69) is 15.3 Å². The summed E-state index contributed by atoms with van der Waals surface area (Å²) >= 11 is 0. The Bertz CT molecular complexity index is 728. The molecule has 0 unspecified atom stereocenters. The van der Waals surface area contributed by atoms with Crippen molar-refractivity contribution in [1.29, 1.82) is 0 Å². The number of carbonyl (C=O) groups is 1. The Morgan fingerprint density at radius 1 is 1.25 bits per heavy atom. The van der Waals surface area contributed by atoms with E-state index in [0.29, 0.717) is 5.95 Å². The lowest BCUT2D eigenvalue weighted by Gasteiger charge is -2.03. The van der Waals surface area contributed by atoms with Gasteiger partial charge in [0.15, 0.2) is 5.76 Å². The number of hydrogen-bond acceptors (Lipinski definition) is 3. The second-order valence-corrected chi connectivity index (χ2v) is 4.40. The molecule has 3 rings (SSSR count). The standard InChI is InChI=1S/C15H13N3O2/c1-10-9-16-15(17-10)18-14(19)13-12(7-8-20-13)11-5-3-2-4-6-11/h2-9H,1H3,(H2,16,17,18,19). The molecule has 20 heavy (non-hydrogen) atoms. The molecule has 2 N–H and O–H groups in total. The highest BCUT2D eigenvalue weighted by Gasteiger charge is 2.17. The van der Waals surface area contributed by atoms with Crippen molar-refractivity contribution in [2.24, 2.45) is 0 Å². The lowest BCUT2D eigenvalue weighted by Crippen LogP contribution is -2.13. The Balaban J connectivity index is 1.88. The van der Waals surface area contributed by atoms with E-state index in [1.54, 1.807) is 12.3 Å². The van der Waals surface area contributed by atoms with E-state index in [1.165, 1.54) is 6.26 Å². The number of nitrogens with one attached hydrogen (secondary N) is 2. The number of imidazole rings is 1. The minimum atomic E-state index is -0.330. The molecule has 100 valence electrons. The molecule has 1 amide bonds. The molecule has 0 saturated heterocycles. The summed E-state index contributed by atoms with van der Waals surface area (Å²) in [7, 11) is 0. The Labute approximate surface area is 115 Å². The lowest BCUT2D eigenvalue weighted by molar-refractivity contribution is 0.0996. The van der Waals surface area contributed by atoms with Crippen LogP contribution in [0.5, 0.6) is 0 Å². The van der Waals surface area contributed by atoms with Crippen LogP contribution in [-0.2, 0) is 0 Å². The van der Waals surface area contributed by atoms with Gasteiger partial charge in [-0.1, -0.05) is 30.3 Å². The quantitative estimate of drug-likeness (QED) is 0.765. The third kappa shape index (κ3) is 2.33. The highest BCUT2D eigenvalue weighted by atomic mass is 16.3. The number of anilines is 1. The van der Waals surface area contributed by atoms with Gasteiger partial charge in [0.25, 0.3) is 5.91 Å². The van der Waals surface area contributed by atoms with Crippen LogP contribution in [0, 0.1) is 6.92 Å². The summed E-state index contributed by atoms with van der Waals surface area (Å²) in [6.45, 7) is 1.87. The molecular weight excluding hydrogens is 254 g/mol. The van der Waals surface area contributed by atoms with Crippen LogP contribution in [-0.4, -0.2) is 15.9 Å². The summed E-state index contributed by atoms with van der Waals surface area (Å²) < 4.78 is 5.31. The fraction of sp³-hybridized carbons (Fsp3) is 0.0667. The van der Waals surface area contributed by atoms with Gasteiger partial charge in [-0.05, 0) is 18.6 Å². The van der Waals surface area contributed by atoms with Gasteiger partial charge in [0.2, 0.25) is 5.95 Å². The fourth-order valence-corrected chi connectivity index (χ4v) is 1.97. The number of amides is 1. The number of aromatic amines is 1. The van der Waals surface area contributed by atoms with E-state index in [-0.39, 0.29) is 11.7 Å². The number of furan rings is 1. The summed E-state index contributed by atoms with van der Waals surface area (Å²) in [5.41, 5.74) is 2.57. The molecule has 0 bridgehead atoms. The van der Waals surface area contributed by atoms with Crippen LogP contribution in [0.25, 0.3) is 11.1 Å². The molecule has 2 aromatic heterocycles. The van der Waals surface area contributed by atoms with Crippen LogP contribution >= 0.6 is 0 Å². The minimum absolute atomic E-state index is 0.269. The van der Waals surface area contributed by atoms with Crippen LogP contribution in [0.15, 0.2) is 53.3 Å². The Morgan fingerprint density at radius 3 is 2.75 bits per heavy atom. The highest BCUT2D eigenvalue weighted by molar-refractivity contribution is 6.05. The molecule has 0 aliphatic heterocycles. The third-order valence-corrected chi connectivity index (χ3v) is 2.89. The number of aryl methyl sites for hydroxylation is 1. The summed E-state index contributed by atoms with van der Waals surface area (Å²) in [5.74, 6) is 0.344. The molecule has 5 heteroatoms. The monoisotopic (exact) mass is 267 g/mol. The number of rotatable bonds is 3. The van der Waals surface area contributed by atoms with E-state index in [4.69, 9.17) is 4.42 Å². The van der Waals surface area contributed by atoms with Gasteiger partial charge < -0.3 is 9.40 Å². The van der Waals surface area contributed by atoms with Gasteiger partial charge >= 0.3 is 0 Å². The minimum Gasteiger partial charge on any atom is -0.459 e. The van der Waals surface area contributed by atoms with Crippen LogP contribution < -0.4 is 5.32 Å². The van der Waals surface area contributed by atoms with Crippen LogP contribution in [0.4, 0.5) is 5.95 Å². The zero-order chi connectivity index (χ0) is 13.9. The second kappa shape index (κ2) is 5.05. The third-order valence-electron chi connectivity index (χ3n) is 2.89. The number of nitrogens with zero attached hydrogens (tertiary/aromatic N) is 1. The molecule has 5 nitrogen and oxygen atoms in total. The van der Waals surface area contributed by atoms with E-state index in [0.717, 1.165) is 16.8 Å². The first-order valence-corrected chi connectivity index (χ1v) is 6.20. The Kier molecular flexibility index (Phi) is 3.09. The average molecular weight is 267 g/mol. The molecule has 0 saturated carbocycles. The maximum Gasteiger partial charge on any atom is 0.294 e. The van der Waals surface area contributed by atoms with Crippen LogP contribution in [0.2, 0.25) is 0 Å². The predicted octanol–water partition coefficient (Wildman–Crippen LogP) is 3.23. The lowest BCUT2D eigenvalue weighted by atomic mass is 10.1. The maximum absolute atomic E-state index is 12.2. The first kappa shape index (κ1) is 12.2. The molecule has 0 atom stereocenters. The number of hydrogen-bond donors (Lipinski definition) is 2. The van der Waals surface area contributed by atoms with Gasteiger partial charge in [0.1, 0.15) is 0 Å². The van der Waals surface area contributed by atoms with E-state index in [9.17, 15) is 4.79 Å². The van der Waals surface area contributed by atoms with Crippen molar-refractivity contribution in [1.82, 2.24) is 9.97 Å². The number of aromatic nitrogens is 2. The van der Waals surface area contributed by atoms with Gasteiger partial charge in [-0.2, -0.15) is 0 Å². The molecule has 0 aliphatic rings. The maximum atomic E-state index is 12.2. The van der Waals surface area contributed by atoms with Gasteiger partial charge in [-0.25, -0.2) is 4.98 Å². The van der Waals surface area contributed by atoms with Crippen molar-refractivity contribution >= 4 is 11.9 Å². The van der Waals surface area contributed by atoms with Gasteiger partial charge in [0, 0.05) is 17.5 Å². The topological polar surface area (TPSA) is 70.9 Å². The van der Waals surface area contributed by atoms with Crippen molar-refractivity contribution in [3.8, 4) is 11.1 Å². The Hall–Kier alpha value is -2.82. The van der Waals surface area contributed by atoms with Gasteiger partial charge in [-0.15, -0.1) is 0 Å². The van der Waals surface area contributed by atoms with Crippen molar-refractivity contribution in [3.63, 3.8) is 0 Å². The SMILES string of the molecule is Cc1cnc(NC(=O)c2occc2-c2ccccc2)[nH]1. The first-order chi connectivity index (χ1) is 9.74. The van der Waals surface area contributed by atoms with Gasteiger partial charge in [-0.3, -0.25) is 10.1 Å². The summed E-state index contributed by atoms with van der Waals surface area (Å²) in [6.07, 6.45) is 3.15. The van der Waals surface area contributed by atoms with Crippen molar-refractivity contribution in [3.05, 3.63) is 60.3 Å². The zero-order valence-corrected chi connectivity index (χ0v) is 10.9. The normalized spacial score (nSPS) is 10.4. The summed E-state index contributed by atoms with van der Waals surface area (Å²) in [6, 6.07) is 11.4. The van der Waals surface area contributed by atoms with Crippen molar-refractivity contribution < 1.29 is 9.21 Å². The molecule has 0 spiro atoms. The zero-order valence-electron chi connectivity index (χ0n) is 10.9.